The minimum atomic E-state index is 1.03. The maximum atomic E-state index is 4.26. The Balaban J connectivity index is 2.29. The van der Waals surface area contributed by atoms with Crippen LogP contribution in [0.1, 0.15) is 5.56 Å². The number of hydrogen-bond donors (Lipinski definition) is 1. The van der Waals surface area contributed by atoms with Crippen molar-refractivity contribution in [1.82, 2.24) is 19.5 Å². The average Bonchev–Trinajstić information content (AvgIpc) is 2.88. The number of rotatable bonds is 1. The molecule has 0 radical (unpaired) electrons. The first-order valence-electron chi connectivity index (χ1n) is 4.76. The summed E-state index contributed by atoms with van der Waals surface area (Å²) in [6.45, 7) is 2.06. The Morgan fingerprint density at radius 3 is 3.07 bits per heavy atom. The van der Waals surface area contributed by atoms with E-state index in [-0.39, 0.29) is 0 Å². The second-order valence-electron chi connectivity index (χ2n) is 3.53. The Hall–Kier alpha value is -2.10. The SMILES string of the molecule is Cc1cc(-n2ccnc2)cc2[nH]cnc12. The lowest BCUT2D eigenvalue weighted by atomic mass is 10.2. The minimum Gasteiger partial charge on any atom is -0.345 e. The average molecular weight is 198 g/mol. The Kier molecular flexibility index (Phi) is 1.62. The smallest absolute Gasteiger partial charge is 0.0991 e. The van der Waals surface area contributed by atoms with E-state index in [1.165, 1.54) is 0 Å². The monoisotopic (exact) mass is 198 g/mol. The van der Waals surface area contributed by atoms with Gasteiger partial charge in [-0.25, -0.2) is 9.97 Å². The van der Waals surface area contributed by atoms with E-state index < -0.39 is 0 Å². The van der Waals surface area contributed by atoms with Gasteiger partial charge in [0.25, 0.3) is 0 Å². The zero-order valence-electron chi connectivity index (χ0n) is 8.31. The van der Waals surface area contributed by atoms with E-state index >= 15 is 0 Å². The van der Waals surface area contributed by atoms with Gasteiger partial charge in [0.2, 0.25) is 0 Å². The highest BCUT2D eigenvalue weighted by molar-refractivity contribution is 5.80. The lowest BCUT2D eigenvalue weighted by Gasteiger charge is -2.03. The fraction of sp³-hybridized carbons (Fsp3) is 0.0909. The van der Waals surface area contributed by atoms with E-state index in [0.29, 0.717) is 0 Å². The molecule has 0 aliphatic carbocycles. The van der Waals surface area contributed by atoms with Crippen LogP contribution in [0.15, 0.2) is 37.2 Å². The van der Waals surface area contributed by atoms with Gasteiger partial charge in [0.15, 0.2) is 0 Å². The molecule has 0 unspecified atom stereocenters. The first kappa shape index (κ1) is 8.23. The molecule has 2 aromatic heterocycles. The molecule has 1 aromatic carbocycles. The molecule has 15 heavy (non-hydrogen) atoms. The Morgan fingerprint density at radius 1 is 1.33 bits per heavy atom. The van der Waals surface area contributed by atoms with E-state index in [2.05, 4.69) is 34.0 Å². The van der Waals surface area contributed by atoms with Crippen molar-refractivity contribution in [3.05, 3.63) is 42.7 Å². The quantitative estimate of drug-likeness (QED) is 0.650. The van der Waals surface area contributed by atoms with Crippen LogP contribution in [0.3, 0.4) is 0 Å². The summed E-state index contributed by atoms with van der Waals surface area (Å²) < 4.78 is 1.98. The largest absolute Gasteiger partial charge is 0.345 e. The summed E-state index contributed by atoms with van der Waals surface area (Å²) in [6.07, 6.45) is 7.20. The number of aryl methyl sites for hydroxylation is 1. The van der Waals surface area contributed by atoms with Crippen molar-refractivity contribution in [2.45, 2.75) is 6.92 Å². The minimum absolute atomic E-state index is 1.03. The maximum absolute atomic E-state index is 4.26. The van der Waals surface area contributed by atoms with Crippen LogP contribution < -0.4 is 0 Å². The molecule has 4 heteroatoms. The van der Waals surface area contributed by atoms with E-state index in [1.807, 2.05) is 10.8 Å². The molecule has 0 saturated carbocycles. The zero-order chi connectivity index (χ0) is 10.3. The number of nitrogens with one attached hydrogen (secondary N) is 1. The Labute approximate surface area is 86.6 Å². The third-order valence-corrected chi connectivity index (χ3v) is 2.50. The Morgan fingerprint density at radius 2 is 2.27 bits per heavy atom. The number of benzene rings is 1. The van der Waals surface area contributed by atoms with Gasteiger partial charge in [-0.3, -0.25) is 0 Å². The third kappa shape index (κ3) is 1.22. The summed E-state index contributed by atoms with van der Waals surface area (Å²) in [5.74, 6) is 0. The molecule has 0 atom stereocenters. The summed E-state index contributed by atoms with van der Waals surface area (Å²) in [5, 5.41) is 0. The molecule has 0 spiro atoms. The first-order chi connectivity index (χ1) is 7.34. The molecule has 0 aliphatic rings. The van der Waals surface area contributed by atoms with Gasteiger partial charge in [-0.2, -0.15) is 0 Å². The van der Waals surface area contributed by atoms with E-state index in [4.69, 9.17) is 0 Å². The Bertz CT molecular complexity index is 592. The van der Waals surface area contributed by atoms with Gasteiger partial charge in [0, 0.05) is 18.1 Å². The molecule has 4 nitrogen and oxygen atoms in total. The molecular formula is C11H10N4. The van der Waals surface area contributed by atoms with Crippen molar-refractivity contribution < 1.29 is 0 Å². The van der Waals surface area contributed by atoms with Gasteiger partial charge in [-0.1, -0.05) is 0 Å². The zero-order valence-corrected chi connectivity index (χ0v) is 8.31. The first-order valence-corrected chi connectivity index (χ1v) is 4.76. The molecule has 0 bridgehead atoms. The molecule has 3 aromatic rings. The van der Waals surface area contributed by atoms with Crippen molar-refractivity contribution in [3.8, 4) is 5.69 Å². The highest BCUT2D eigenvalue weighted by Crippen LogP contribution is 2.19. The van der Waals surface area contributed by atoms with E-state index in [9.17, 15) is 0 Å². The van der Waals surface area contributed by atoms with Crippen LogP contribution in [0.25, 0.3) is 16.7 Å². The summed E-state index contributed by atoms with van der Waals surface area (Å²) in [5.41, 5.74) is 4.34. The fourth-order valence-corrected chi connectivity index (χ4v) is 1.77. The van der Waals surface area contributed by atoms with Crippen LogP contribution >= 0.6 is 0 Å². The lowest BCUT2D eigenvalue weighted by Crippen LogP contribution is -1.91. The second-order valence-corrected chi connectivity index (χ2v) is 3.53. The van der Waals surface area contributed by atoms with E-state index in [0.717, 1.165) is 22.3 Å². The van der Waals surface area contributed by atoms with Gasteiger partial charge in [0.05, 0.1) is 23.7 Å². The molecular weight excluding hydrogens is 188 g/mol. The molecule has 0 saturated heterocycles. The maximum Gasteiger partial charge on any atom is 0.0991 e. The predicted molar refractivity (Wildman–Crippen MR) is 58.0 cm³/mol. The molecule has 0 fully saturated rings. The van der Waals surface area contributed by atoms with Crippen molar-refractivity contribution in [2.75, 3.05) is 0 Å². The number of H-pyrrole nitrogens is 1. The van der Waals surface area contributed by atoms with Crippen molar-refractivity contribution >= 4 is 11.0 Å². The fourth-order valence-electron chi connectivity index (χ4n) is 1.77. The van der Waals surface area contributed by atoms with Crippen molar-refractivity contribution in [1.29, 1.82) is 0 Å². The molecule has 0 aliphatic heterocycles. The standard InChI is InChI=1S/C11H10N4/c1-8-4-9(15-3-2-12-7-15)5-10-11(8)14-6-13-10/h2-7H,1H3,(H,13,14). The second kappa shape index (κ2) is 2.95. The summed E-state index contributed by atoms with van der Waals surface area (Å²) >= 11 is 0. The molecule has 1 N–H and O–H groups in total. The summed E-state index contributed by atoms with van der Waals surface area (Å²) in [6, 6.07) is 4.17. The van der Waals surface area contributed by atoms with Gasteiger partial charge >= 0.3 is 0 Å². The topological polar surface area (TPSA) is 46.5 Å². The van der Waals surface area contributed by atoms with Crippen LogP contribution in [0.4, 0.5) is 0 Å². The highest BCUT2D eigenvalue weighted by Gasteiger charge is 2.03. The molecule has 74 valence electrons. The summed E-state index contributed by atoms with van der Waals surface area (Å²) in [4.78, 5) is 11.4. The van der Waals surface area contributed by atoms with Crippen LogP contribution in [-0.4, -0.2) is 19.5 Å². The van der Waals surface area contributed by atoms with Crippen LogP contribution in [0.5, 0.6) is 0 Å². The van der Waals surface area contributed by atoms with Gasteiger partial charge < -0.3 is 9.55 Å². The van der Waals surface area contributed by atoms with Crippen molar-refractivity contribution in [3.63, 3.8) is 0 Å². The highest BCUT2D eigenvalue weighted by atomic mass is 15.0. The van der Waals surface area contributed by atoms with E-state index in [1.54, 1.807) is 18.9 Å². The number of aromatic amines is 1. The number of imidazole rings is 2. The van der Waals surface area contributed by atoms with Gasteiger partial charge in [0.1, 0.15) is 0 Å². The summed E-state index contributed by atoms with van der Waals surface area (Å²) in [7, 11) is 0. The van der Waals surface area contributed by atoms with Crippen LogP contribution in [0, 0.1) is 6.92 Å². The van der Waals surface area contributed by atoms with Gasteiger partial charge in [-0.15, -0.1) is 0 Å². The number of aromatic nitrogens is 4. The molecule has 2 heterocycles. The normalized spacial score (nSPS) is 11.0. The molecule has 0 amide bonds. The lowest BCUT2D eigenvalue weighted by molar-refractivity contribution is 1.06. The number of nitrogens with zero attached hydrogens (tertiary/aromatic N) is 3. The molecule has 3 rings (SSSR count). The third-order valence-electron chi connectivity index (χ3n) is 2.50. The van der Waals surface area contributed by atoms with Gasteiger partial charge in [-0.05, 0) is 24.6 Å². The van der Waals surface area contributed by atoms with Crippen LogP contribution in [0.2, 0.25) is 0 Å². The van der Waals surface area contributed by atoms with Crippen LogP contribution in [-0.2, 0) is 0 Å². The van der Waals surface area contributed by atoms with Crippen molar-refractivity contribution in [2.24, 2.45) is 0 Å². The number of hydrogen-bond acceptors (Lipinski definition) is 2. The number of fused-ring (bicyclic) bond motifs is 1. The predicted octanol–water partition coefficient (Wildman–Crippen LogP) is 2.06.